The van der Waals surface area contributed by atoms with Crippen molar-refractivity contribution in [2.24, 2.45) is 0 Å². The number of piperidine rings is 1. The highest BCUT2D eigenvalue weighted by Crippen LogP contribution is 2.35. The number of nitrogens with zero attached hydrogens (tertiary/aromatic N) is 2. The molecule has 1 spiro atoms. The van der Waals surface area contributed by atoms with Gasteiger partial charge in [-0.2, -0.15) is 0 Å². The molecule has 1 N–H and O–H groups in total. The number of likely N-dealkylation sites (tertiary alicyclic amines) is 1. The highest BCUT2D eigenvalue weighted by molar-refractivity contribution is 5.76. The number of amides is 1. The average molecular weight is 304 g/mol. The van der Waals surface area contributed by atoms with E-state index in [0.29, 0.717) is 19.5 Å². The SMILES string of the molecule is O=C(CCc1cccnc1)N1CCC2(CC1)OCCCC2O. The van der Waals surface area contributed by atoms with Gasteiger partial charge >= 0.3 is 0 Å². The van der Waals surface area contributed by atoms with Crippen LogP contribution in [0, 0.1) is 0 Å². The normalized spacial score (nSPS) is 24.4. The summed E-state index contributed by atoms with van der Waals surface area (Å²) in [5.74, 6) is 0.184. The first-order valence-corrected chi connectivity index (χ1v) is 8.18. The molecule has 0 aliphatic carbocycles. The van der Waals surface area contributed by atoms with Gasteiger partial charge in [0.05, 0.1) is 11.7 Å². The van der Waals surface area contributed by atoms with Crippen molar-refractivity contribution in [2.45, 2.75) is 50.2 Å². The Balaban J connectivity index is 1.49. The maximum Gasteiger partial charge on any atom is 0.222 e. The lowest BCUT2D eigenvalue weighted by molar-refractivity contribution is -0.179. The highest BCUT2D eigenvalue weighted by Gasteiger charge is 2.44. The van der Waals surface area contributed by atoms with Gasteiger partial charge in [0.25, 0.3) is 0 Å². The van der Waals surface area contributed by atoms with Crippen LogP contribution in [0.3, 0.4) is 0 Å². The molecule has 1 aromatic rings. The number of aliphatic hydroxyl groups is 1. The van der Waals surface area contributed by atoms with Crippen molar-refractivity contribution < 1.29 is 14.6 Å². The second-order valence-corrected chi connectivity index (χ2v) is 6.31. The van der Waals surface area contributed by atoms with Gasteiger partial charge in [0.15, 0.2) is 0 Å². The zero-order valence-electron chi connectivity index (χ0n) is 12.9. The molecule has 2 aliphatic rings. The lowest BCUT2D eigenvalue weighted by atomic mass is 9.82. The van der Waals surface area contributed by atoms with E-state index in [9.17, 15) is 9.90 Å². The van der Waals surface area contributed by atoms with Crippen LogP contribution < -0.4 is 0 Å². The second-order valence-electron chi connectivity index (χ2n) is 6.31. The molecule has 1 aromatic heterocycles. The maximum absolute atomic E-state index is 12.3. The van der Waals surface area contributed by atoms with Gasteiger partial charge in [-0.15, -0.1) is 0 Å². The molecule has 1 atom stereocenters. The summed E-state index contributed by atoms with van der Waals surface area (Å²) in [6.45, 7) is 2.10. The fourth-order valence-electron chi connectivity index (χ4n) is 3.48. The maximum atomic E-state index is 12.3. The van der Waals surface area contributed by atoms with E-state index >= 15 is 0 Å². The predicted molar refractivity (Wildman–Crippen MR) is 82.3 cm³/mol. The van der Waals surface area contributed by atoms with Gasteiger partial charge in [-0.25, -0.2) is 0 Å². The van der Waals surface area contributed by atoms with E-state index in [-0.39, 0.29) is 12.0 Å². The van der Waals surface area contributed by atoms with Gasteiger partial charge in [0.1, 0.15) is 0 Å². The zero-order chi connectivity index (χ0) is 15.4. The van der Waals surface area contributed by atoms with E-state index in [0.717, 1.165) is 44.3 Å². The molecular weight excluding hydrogens is 280 g/mol. The van der Waals surface area contributed by atoms with E-state index in [1.54, 1.807) is 6.20 Å². The molecule has 2 aliphatic heterocycles. The van der Waals surface area contributed by atoms with Crippen molar-refractivity contribution in [3.63, 3.8) is 0 Å². The zero-order valence-corrected chi connectivity index (χ0v) is 12.9. The molecule has 2 fully saturated rings. The Morgan fingerprint density at radius 1 is 1.45 bits per heavy atom. The molecule has 3 rings (SSSR count). The van der Waals surface area contributed by atoms with Crippen LogP contribution in [-0.2, 0) is 16.0 Å². The number of hydrogen-bond donors (Lipinski definition) is 1. The Hall–Kier alpha value is -1.46. The Kier molecular flexibility index (Phi) is 4.74. The molecule has 0 bridgehead atoms. The Morgan fingerprint density at radius 3 is 2.95 bits per heavy atom. The Labute approximate surface area is 131 Å². The lowest BCUT2D eigenvalue weighted by Crippen LogP contribution is -2.56. The highest BCUT2D eigenvalue weighted by atomic mass is 16.5. The van der Waals surface area contributed by atoms with Crippen LogP contribution in [0.4, 0.5) is 0 Å². The van der Waals surface area contributed by atoms with Crippen molar-refractivity contribution in [3.8, 4) is 0 Å². The third kappa shape index (κ3) is 3.31. The van der Waals surface area contributed by atoms with Crippen LogP contribution >= 0.6 is 0 Å². The molecule has 3 heterocycles. The molecular formula is C17H24N2O3. The smallest absolute Gasteiger partial charge is 0.222 e. The summed E-state index contributed by atoms with van der Waals surface area (Å²) >= 11 is 0. The summed E-state index contributed by atoms with van der Waals surface area (Å²) in [7, 11) is 0. The van der Waals surface area contributed by atoms with Gasteiger partial charge in [-0.1, -0.05) is 6.07 Å². The average Bonchev–Trinajstić information content (AvgIpc) is 2.57. The molecule has 2 saturated heterocycles. The summed E-state index contributed by atoms with van der Waals surface area (Å²) in [4.78, 5) is 18.3. The van der Waals surface area contributed by atoms with Crippen molar-refractivity contribution in [1.82, 2.24) is 9.88 Å². The number of aliphatic hydroxyl groups excluding tert-OH is 1. The van der Waals surface area contributed by atoms with Gasteiger partial charge in [-0.3, -0.25) is 9.78 Å². The minimum atomic E-state index is -0.404. The number of ether oxygens (including phenoxy) is 1. The topological polar surface area (TPSA) is 62.7 Å². The number of aryl methyl sites for hydroxylation is 1. The summed E-state index contributed by atoms with van der Waals surface area (Å²) in [6, 6.07) is 3.89. The van der Waals surface area contributed by atoms with Crippen molar-refractivity contribution >= 4 is 5.91 Å². The first-order valence-electron chi connectivity index (χ1n) is 8.18. The van der Waals surface area contributed by atoms with Crippen LogP contribution in [0.5, 0.6) is 0 Å². The van der Waals surface area contributed by atoms with Gasteiger partial charge in [0, 0.05) is 38.5 Å². The van der Waals surface area contributed by atoms with Gasteiger partial charge < -0.3 is 14.7 Å². The second kappa shape index (κ2) is 6.75. The molecule has 22 heavy (non-hydrogen) atoms. The number of rotatable bonds is 3. The molecule has 0 radical (unpaired) electrons. The van der Waals surface area contributed by atoms with E-state index in [1.165, 1.54) is 0 Å². The Morgan fingerprint density at radius 2 is 2.27 bits per heavy atom. The molecule has 0 aromatic carbocycles. The van der Waals surface area contributed by atoms with Crippen molar-refractivity contribution in [1.29, 1.82) is 0 Å². The monoisotopic (exact) mass is 304 g/mol. The van der Waals surface area contributed by atoms with Crippen LogP contribution in [0.1, 0.15) is 37.7 Å². The molecule has 5 nitrogen and oxygen atoms in total. The quantitative estimate of drug-likeness (QED) is 0.920. The summed E-state index contributed by atoms with van der Waals surface area (Å²) in [6.07, 6.45) is 7.64. The molecule has 1 amide bonds. The van der Waals surface area contributed by atoms with Crippen molar-refractivity contribution in [3.05, 3.63) is 30.1 Å². The summed E-state index contributed by atoms with van der Waals surface area (Å²) in [5.41, 5.74) is 0.689. The van der Waals surface area contributed by atoms with Crippen LogP contribution in [0.15, 0.2) is 24.5 Å². The number of pyridine rings is 1. The predicted octanol–water partition coefficient (Wildman–Crippen LogP) is 1.55. The van der Waals surface area contributed by atoms with Gasteiger partial charge in [0.2, 0.25) is 5.91 Å². The fraction of sp³-hybridized carbons (Fsp3) is 0.647. The lowest BCUT2D eigenvalue weighted by Gasteiger charge is -2.46. The molecule has 0 saturated carbocycles. The largest absolute Gasteiger partial charge is 0.390 e. The van der Waals surface area contributed by atoms with E-state index < -0.39 is 5.60 Å². The van der Waals surface area contributed by atoms with Crippen LogP contribution in [0.25, 0.3) is 0 Å². The molecule has 1 unspecified atom stereocenters. The number of carbonyl (C=O) groups excluding carboxylic acids is 1. The van der Waals surface area contributed by atoms with Crippen LogP contribution in [0.2, 0.25) is 0 Å². The minimum Gasteiger partial charge on any atom is -0.390 e. The van der Waals surface area contributed by atoms with E-state index in [2.05, 4.69) is 4.98 Å². The first-order chi connectivity index (χ1) is 10.7. The number of hydrogen-bond acceptors (Lipinski definition) is 4. The fourth-order valence-corrected chi connectivity index (χ4v) is 3.48. The Bertz CT molecular complexity index is 498. The van der Waals surface area contributed by atoms with E-state index in [1.807, 2.05) is 23.2 Å². The number of carbonyl (C=O) groups is 1. The third-order valence-corrected chi connectivity index (χ3v) is 4.93. The van der Waals surface area contributed by atoms with Crippen molar-refractivity contribution in [2.75, 3.05) is 19.7 Å². The minimum absolute atomic E-state index is 0.184. The molecule has 5 heteroatoms. The third-order valence-electron chi connectivity index (χ3n) is 4.93. The molecule has 120 valence electrons. The van der Waals surface area contributed by atoms with E-state index in [4.69, 9.17) is 4.74 Å². The number of aromatic nitrogens is 1. The standard InChI is InChI=1S/C17H24N2O3/c20-15-4-2-12-22-17(15)7-10-19(11-8-17)16(21)6-5-14-3-1-9-18-13-14/h1,3,9,13,15,20H,2,4-8,10-12H2. The summed E-state index contributed by atoms with van der Waals surface area (Å²) in [5, 5.41) is 10.2. The van der Waals surface area contributed by atoms with Crippen LogP contribution in [-0.4, -0.2) is 52.3 Å². The summed E-state index contributed by atoms with van der Waals surface area (Å²) < 4.78 is 5.88. The van der Waals surface area contributed by atoms with Gasteiger partial charge in [-0.05, 0) is 43.7 Å². The first kappa shape index (κ1) is 15.4.